The lowest BCUT2D eigenvalue weighted by atomic mass is 9.88. The molecule has 0 atom stereocenters. The first-order valence-corrected chi connectivity index (χ1v) is 6.02. The highest BCUT2D eigenvalue weighted by molar-refractivity contribution is 6.32. The van der Waals surface area contributed by atoms with E-state index in [1.165, 1.54) is 12.0 Å². The molecule has 0 spiro atoms. The molecule has 2 nitrogen and oxygen atoms in total. The number of aryl methyl sites for hydroxylation is 1. The van der Waals surface area contributed by atoms with Crippen molar-refractivity contribution in [2.45, 2.75) is 32.6 Å². The van der Waals surface area contributed by atoms with Gasteiger partial charge in [0.25, 0.3) is 0 Å². The third kappa shape index (κ3) is 1.88. The van der Waals surface area contributed by atoms with Crippen molar-refractivity contribution in [1.29, 1.82) is 5.26 Å². The number of hydrogen-bond donors (Lipinski definition) is 0. The Hall–Kier alpha value is -1.20. The highest BCUT2D eigenvalue weighted by Gasteiger charge is 2.20. The van der Waals surface area contributed by atoms with Crippen molar-refractivity contribution in [3.05, 3.63) is 27.8 Å². The molecule has 1 aliphatic rings. The summed E-state index contributed by atoms with van der Waals surface area (Å²) in [7, 11) is 0. The zero-order valence-corrected chi connectivity index (χ0v) is 10.1. The molecule has 0 bridgehead atoms. The summed E-state index contributed by atoms with van der Waals surface area (Å²) >= 11 is 6.15. The molecule has 0 amide bonds. The lowest BCUT2D eigenvalue weighted by molar-refractivity contribution is 0.338. The molecule has 0 radical (unpaired) electrons. The quantitative estimate of drug-likeness (QED) is 0.786. The molecule has 0 unspecified atom stereocenters. The van der Waals surface area contributed by atoms with E-state index in [9.17, 15) is 5.26 Å². The number of hydrogen-bond acceptors (Lipinski definition) is 2. The van der Waals surface area contributed by atoms with E-state index in [1.807, 2.05) is 13.0 Å². The SMILES string of the molecule is CCOc1c(Cl)cc2c(c1C#N)CCCC2. The van der Waals surface area contributed by atoms with Crippen LogP contribution in [0, 0.1) is 11.3 Å². The van der Waals surface area contributed by atoms with Crippen LogP contribution >= 0.6 is 11.6 Å². The Balaban J connectivity index is 2.58. The number of nitrogens with zero attached hydrogens (tertiary/aromatic N) is 1. The van der Waals surface area contributed by atoms with Crippen LogP contribution in [-0.2, 0) is 12.8 Å². The molecule has 1 aromatic rings. The average Bonchev–Trinajstić information content (AvgIpc) is 2.30. The highest BCUT2D eigenvalue weighted by Crippen LogP contribution is 2.36. The predicted octanol–water partition coefficient (Wildman–Crippen LogP) is 3.49. The van der Waals surface area contributed by atoms with Gasteiger partial charge in [-0.3, -0.25) is 0 Å². The summed E-state index contributed by atoms with van der Waals surface area (Å²) < 4.78 is 5.47. The molecule has 3 heteroatoms. The minimum absolute atomic E-state index is 0.535. The van der Waals surface area contributed by atoms with Crippen molar-refractivity contribution in [2.24, 2.45) is 0 Å². The first-order valence-electron chi connectivity index (χ1n) is 5.65. The number of nitriles is 1. The van der Waals surface area contributed by atoms with Gasteiger partial charge in [-0.25, -0.2) is 0 Å². The Kier molecular flexibility index (Phi) is 3.36. The summed E-state index contributed by atoms with van der Waals surface area (Å²) in [5.74, 6) is 0.562. The summed E-state index contributed by atoms with van der Waals surface area (Å²) in [6, 6.07) is 4.20. The summed E-state index contributed by atoms with van der Waals surface area (Å²) in [4.78, 5) is 0. The van der Waals surface area contributed by atoms with Gasteiger partial charge in [0.05, 0.1) is 17.2 Å². The zero-order valence-electron chi connectivity index (χ0n) is 9.35. The van der Waals surface area contributed by atoms with Crippen molar-refractivity contribution < 1.29 is 4.74 Å². The monoisotopic (exact) mass is 235 g/mol. The number of rotatable bonds is 2. The van der Waals surface area contributed by atoms with Crippen molar-refractivity contribution in [2.75, 3.05) is 6.61 Å². The first-order chi connectivity index (χ1) is 7.77. The van der Waals surface area contributed by atoms with Crippen molar-refractivity contribution in [3.63, 3.8) is 0 Å². The maximum Gasteiger partial charge on any atom is 0.155 e. The lowest BCUT2D eigenvalue weighted by Crippen LogP contribution is -2.08. The molecule has 2 rings (SSSR count). The molecule has 0 aromatic heterocycles. The maximum absolute atomic E-state index is 9.24. The van der Waals surface area contributed by atoms with Crippen LogP contribution in [-0.4, -0.2) is 6.61 Å². The van der Waals surface area contributed by atoms with Gasteiger partial charge >= 0.3 is 0 Å². The Morgan fingerprint density at radius 3 is 2.88 bits per heavy atom. The van der Waals surface area contributed by atoms with Gasteiger partial charge in [-0.1, -0.05) is 11.6 Å². The molecule has 0 heterocycles. The second kappa shape index (κ2) is 4.76. The molecule has 0 aliphatic heterocycles. The molecule has 0 saturated carbocycles. The third-order valence-electron chi connectivity index (χ3n) is 2.96. The fourth-order valence-electron chi connectivity index (χ4n) is 2.25. The molecule has 16 heavy (non-hydrogen) atoms. The topological polar surface area (TPSA) is 33.0 Å². The molecule has 0 saturated heterocycles. The van der Waals surface area contributed by atoms with Crippen molar-refractivity contribution in [1.82, 2.24) is 0 Å². The molecule has 1 aliphatic carbocycles. The van der Waals surface area contributed by atoms with E-state index in [4.69, 9.17) is 16.3 Å². The van der Waals surface area contributed by atoms with E-state index in [2.05, 4.69) is 6.07 Å². The molecular formula is C13H14ClNO. The van der Waals surface area contributed by atoms with Crippen LogP contribution in [0.2, 0.25) is 5.02 Å². The van der Waals surface area contributed by atoms with Crippen molar-refractivity contribution in [3.8, 4) is 11.8 Å². The number of ether oxygens (including phenoxy) is 1. The maximum atomic E-state index is 9.24. The second-order valence-electron chi connectivity index (χ2n) is 3.95. The average molecular weight is 236 g/mol. The smallest absolute Gasteiger partial charge is 0.155 e. The van der Waals surface area contributed by atoms with Gasteiger partial charge in [0.1, 0.15) is 6.07 Å². The molecule has 84 valence electrons. The largest absolute Gasteiger partial charge is 0.491 e. The summed E-state index contributed by atoms with van der Waals surface area (Å²) in [6.45, 7) is 2.43. The Labute approximate surface area is 101 Å². The fraction of sp³-hybridized carbons (Fsp3) is 0.462. The highest BCUT2D eigenvalue weighted by atomic mass is 35.5. The number of halogens is 1. The Morgan fingerprint density at radius 1 is 1.44 bits per heavy atom. The van der Waals surface area contributed by atoms with Gasteiger partial charge in [-0.15, -0.1) is 0 Å². The second-order valence-corrected chi connectivity index (χ2v) is 4.36. The van der Waals surface area contributed by atoms with Crippen LogP contribution in [0.5, 0.6) is 5.75 Å². The van der Waals surface area contributed by atoms with Gasteiger partial charge in [0.2, 0.25) is 0 Å². The summed E-state index contributed by atoms with van der Waals surface area (Å²) in [5, 5.41) is 9.81. The summed E-state index contributed by atoms with van der Waals surface area (Å²) in [6.07, 6.45) is 4.32. The van der Waals surface area contributed by atoms with Crippen LogP contribution in [0.3, 0.4) is 0 Å². The minimum atomic E-state index is 0.535. The Morgan fingerprint density at radius 2 is 2.19 bits per heavy atom. The van der Waals surface area contributed by atoms with E-state index in [-0.39, 0.29) is 0 Å². The lowest BCUT2D eigenvalue weighted by Gasteiger charge is -2.20. The normalized spacial score (nSPS) is 14.1. The van der Waals surface area contributed by atoms with Gasteiger partial charge in [0, 0.05) is 0 Å². The number of benzene rings is 1. The third-order valence-corrected chi connectivity index (χ3v) is 3.24. The van der Waals surface area contributed by atoms with Gasteiger partial charge in [0.15, 0.2) is 5.75 Å². The van der Waals surface area contributed by atoms with E-state index in [0.717, 1.165) is 24.8 Å². The van der Waals surface area contributed by atoms with E-state index in [1.54, 1.807) is 0 Å². The van der Waals surface area contributed by atoms with Crippen LogP contribution in [0.15, 0.2) is 6.07 Å². The van der Waals surface area contributed by atoms with Gasteiger partial charge < -0.3 is 4.74 Å². The minimum Gasteiger partial charge on any atom is -0.491 e. The fourth-order valence-corrected chi connectivity index (χ4v) is 2.53. The van der Waals surface area contributed by atoms with E-state index in [0.29, 0.717) is 22.9 Å². The molecule has 0 N–H and O–H groups in total. The first kappa shape index (κ1) is 11.3. The molecular weight excluding hydrogens is 222 g/mol. The predicted molar refractivity (Wildman–Crippen MR) is 64.0 cm³/mol. The van der Waals surface area contributed by atoms with E-state index < -0.39 is 0 Å². The van der Waals surface area contributed by atoms with Crippen molar-refractivity contribution >= 4 is 11.6 Å². The van der Waals surface area contributed by atoms with Crippen LogP contribution in [0.1, 0.15) is 36.5 Å². The van der Waals surface area contributed by atoms with Gasteiger partial charge in [-0.2, -0.15) is 5.26 Å². The van der Waals surface area contributed by atoms with Crippen LogP contribution in [0.25, 0.3) is 0 Å². The standard InChI is InChI=1S/C13H14ClNO/c1-2-16-13-11(8-15)10-6-4-3-5-9(10)7-12(13)14/h7H,2-6H2,1H3. The number of fused-ring (bicyclic) bond motifs is 1. The summed E-state index contributed by atoms with van der Waals surface area (Å²) in [5.41, 5.74) is 3.00. The Bertz CT molecular complexity index is 448. The van der Waals surface area contributed by atoms with Crippen LogP contribution in [0.4, 0.5) is 0 Å². The van der Waals surface area contributed by atoms with Crippen LogP contribution < -0.4 is 4.74 Å². The van der Waals surface area contributed by atoms with Gasteiger partial charge in [-0.05, 0) is 49.8 Å². The molecule has 0 fully saturated rings. The van der Waals surface area contributed by atoms with E-state index >= 15 is 0 Å². The zero-order chi connectivity index (χ0) is 11.5. The molecule has 1 aromatic carbocycles.